The van der Waals surface area contributed by atoms with E-state index in [0.29, 0.717) is 5.69 Å². The average Bonchev–Trinajstić information content (AvgIpc) is 3.09. The summed E-state index contributed by atoms with van der Waals surface area (Å²) in [5, 5.41) is 20.6. The van der Waals surface area contributed by atoms with Crippen molar-refractivity contribution in [2.75, 3.05) is 6.61 Å². The summed E-state index contributed by atoms with van der Waals surface area (Å²) >= 11 is 0. The fourth-order valence-corrected chi connectivity index (χ4v) is 4.12. The number of aliphatic hydroxyl groups excluding tert-OH is 2. The maximum atomic E-state index is 13.1. The molecule has 0 aliphatic carbocycles. The van der Waals surface area contributed by atoms with Gasteiger partial charge in [0.25, 0.3) is 5.56 Å². The van der Waals surface area contributed by atoms with Gasteiger partial charge in [-0.3, -0.25) is 18.9 Å². The van der Waals surface area contributed by atoms with Gasteiger partial charge < -0.3 is 29.3 Å². The summed E-state index contributed by atoms with van der Waals surface area (Å²) in [6.07, 6.45) is -2.60. The summed E-state index contributed by atoms with van der Waals surface area (Å²) in [4.78, 5) is 47.7. The zero-order valence-electron chi connectivity index (χ0n) is 18.1. The molecule has 3 heterocycles. The fourth-order valence-electron chi connectivity index (χ4n) is 3.84. The van der Waals surface area contributed by atoms with Crippen LogP contribution in [0.25, 0.3) is 11.1 Å². The van der Waals surface area contributed by atoms with Crippen molar-refractivity contribution in [1.82, 2.24) is 14.1 Å². The number of benzene rings is 1. The van der Waals surface area contributed by atoms with Gasteiger partial charge in [-0.05, 0) is 30.2 Å². The van der Waals surface area contributed by atoms with Crippen LogP contribution >= 0.6 is 8.60 Å². The van der Waals surface area contributed by atoms with E-state index in [2.05, 4.69) is 9.51 Å². The van der Waals surface area contributed by atoms with E-state index in [1.807, 2.05) is 37.3 Å². The SMILES string of the molecule is Cc1cccc(-c2ccnc(Cn3c(=O)ccn(C4OC(COP(O)O)C(O)C4O)c3=O)c2)c1. The smallest absolute Gasteiger partial charge is 0.333 e. The Bertz CT molecular complexity index is 1280. The standard InChI is InChI=1S/C22H24N3O8P/c1-13-3-2-4-14(9-13)15-5-7-23-16(10-15)11-25-18(26)6-8-24(22(25)29)21-20(28)19(27)17(33-21)12-32-34(30)31/h2-10,17,19-21,27-28,30-31H,11-12H2,1H3. The molecule has 0 radical (unpaired) electrons. The van der Waals surface area contributed by atoms with Crippen molar-refractivity contribution >= 4 is 8.60 Å². The molecular formula is C22H24N3O8P. The molecular weight excluding hydrogens is 465 g/mol. The minimum Gasteiger partial charge on any atom is -0.387 e. The molecule has 1 aliphatic rings. The third kappa shape index (κ3) is 5.16. The number of ether oxygens (including phenoxy) is 1. The molecule has 4 unspecified atom stereocenters. The first kappa shape index (κ1) is 24.4. The van der Waals surface area contributed by atoms with Gasteiger partial charge in [-0.15, -0.1) is 0 Å². The Morgan fingerprint density at radius 1 is 1.09 bits per heavy atom. The van der Waals surface area contributed by atoms with Crippen LogP contribution in [0.3, 0.4) is 0 Å². The summed E-state index contributed by atoms with van der Waals surface area (Å²) in [5.41, 5.74) is 2.10. The highest BCUT2D eigenvalue weighted by Gasteiger charge is 2.44. The molecule has 2 aromatic heterocycles. The first-order chi connectivity index (χ1) is 16.2. The van der Waals surface area contributed by atoms with Crippen LogP contribution in [0.2, 0.25) is 0 Å². The lowest BCUT2D eigenvalue weighted by Crippen LogP contribution is -2.43. The van der Waals surface area contributed by atoms with Crippen LogP contribution in [0.4, 0.5) is 0 Å². The van der Waals surface area contributed by atoms with Gasteiger partial charge in [-0.1, -0.05) is 29.8 Å². The summed E-state index contributed by atoms with van der Waals surface area (Å²) in [6, 6.07) is 12.7. The highest BCUT2D eigenvalue weighted by Crippen LogP contribution is 2.32. The third-order valence-electron chi connectivity index (χ3n) is 5.55. The van der Waals surface area contributed by atoms with E-state index in [0.717, 1.165) is 31.9 Å². The number of hydrogen-bond acceptors (Lipinski definition) is 9. The molecule has 0 saturated carbocycles. The van der Waals surface area contributed by atoms with Gasteiger partial charge in [-0.2, -0.15) is 0 Å². The second kappa shape index (κ2) is 10.2. The number of pyridine rings is 1. The summed E-state index contributed by atoms with van der Waals surface area (Å²) < 4.78 is 12.2. The molecule has 180 valence electrons. The molecule has 34 heavy (non-hydrogen) atoms. The summed E-state index contributed by atoms with van der Waals surface area (Å²) in [6.45, 7) is 1.46. The molecule has 12 heteroatoms. The minimum absolute atomic E-state index is 0.116. The van der Waals surface area contributed by atoms with E-state index in [4.69, 9.17) is 14.5 Å². The number of aromatic nitrogens is 3. The lowest BCUT2D eigenvalue weighted by molar-refractivity contribution is -0.0531. The Morgan fingerprint density at radius 2 is 1.85 bits per heavy atom. The van der Waals surface area contributed by atoms with Gasteiger partial charge in [0, 0.05) is 18.5 Å². The van der Waals surface area contributed by atoms with E-state index in [1.165, 1.54) is 6.20 Å². The fraction of sp³-hybridized carbons (Fsp3) is 0.318. The van der Waals surface area contributed by atoms with Crippen LogP contribution in [0, 0.1) is 6.92 Å². The zero-order chi connectivity index (χ0) is 24.4. The van der Waals surface area contributed by atoms with Crippen LogP contribution in [-0.2, 0) is 15.8 Å². The van der Waals surface area contributed by atoms with E-state index in [9.17, 15) is 19.8 Å². The molecule has 0 amide bonds. The quantitative estimate of drug-likeness (QED) is 0.342. The average molecular weight is 489 g/mol. The van der Waals surface area contributed by atoms with Crippen LogP contribution in [0.1, 0.15) is 17.5 Å². The van der Waals surface area contributed by atoms with Crippen molar-refractivity contribution < 1.29 is 29.3 Å². The Kier molecular flexibility index (Phi) is 7.34. The number of rotatable bonds is 7. The van der Waals surface area contributed by atoms with E-state index < -0.39 is 51.0 Å². The van der Waals surface area contributed by atoms with Crippen molar-refractivity contribution in [2.45, 2.75) is 38.0 Å². The van der Waals surface area contributed by atoms with Gasteiger partial charge in [0.1, 0.15) is 18.3 Å². The number of nitrogens with zero attached hydrogens (tertiary/aromatic N) is 3. The Labute approximate surface area is 195 Å². The van der Waals surface area contributed by atoms with Crippen molar-refractivity contribution in [3.8, 4) is 11.1 Å². The molecule has 3 aromatic rings. The van der Waals surface area contributed by atoms with Crippen LogP contribution in [0.5, 0.6) is 0 Å². The van der Waals surface area contributed by atoms with Crippen molar-refractivity contribution in [1.29, 1.82) is 0 Å². The first-order valence-corrected chi connectivity index (χ1v) is 11.6. The van der Waals surface area contributed by atoms with Gasteiger partial charge in [-0.25, -0.2) is 4.79 Å². The van der Waals surface area contributed by atoms with Gasteiger partial charge in [0.05, 0.1) is 18.8 Å². The molecule has 0 spiro atoms. The van der Waals surface area contributed by atoms with Gasteiger partial charge >= 0.3 is 14.3 Å². The van der Waals surface area contributed by atoms with Crippen molar-refractivity contribution in [3.05, 3.63) is 87.0 Å². The zero-order valence-corrected chi connectivity index (χ0v) is 19.0. The number of hydrogen-bond donors (Lipinski definition) is 4. The maximum absolute atomic E-state index is 13.1. The molecule has 1 aromatic carbocycles. The maximum Gasteiger partial charge on any atom is 0.333 e. The molecule has 11 nitrogen and oxygen atoms in total. The minimum atomic E-state index is -2.68. The van der Waals surface area contributed by atoms with E-state index in [1.54, 1.807) is 12.3 Å². The first-order valence-electron chi connectivity index (χ1n) is 10.4. The molecule has 1 saturated heterocycles. The lowest BCUT2D eigenvalue weighted by atomic mass is 10.0. The second-order valence-electron chi connectivity index (χ2n) is 7.93. The molecule has 4 atom stereocenters. The second-order valence-corrected chi connectivity index (χ2v) is 8.69. The normalized spacial score (nSPS) is 22.4. The number of aryl methyl sites for hydroxylation is 1. The summed E-state index contributed by atoms with van der Waals surface area (Å²) in [7, 11) is -2.68. The molecule has 4 rings (SSSR count). The molecule has 1 fully saturated rings. The highest BCUT2D eigenvalue weighted by molar-refractivity contribution is 7.39. The van der Waals surface area contributed by atoms with Crippen LogP contribution < -0.4 is 11.2 Å². The summed E-state index contributed by atoms with van der Waals surface area (Å²) in [5.74, 6) is 0. The van der Waals surface area contributed by atoms with Crippen molar-refractivity contribution in [2.24, 2.45) is 0 Å². The largest absolute Gasteiger partial charge is 0.387 e. The molecule has 1 aliphatic heterocycles. The van der Waals surface area contributed by atoms with E-state index in [-0.39, 0.29) is 6.54 Å². The van der Waals surface area contributed by atoms with Crippen LogP contribution in [0.15, 0.2) is 64.4 Å². The number of aliphatic hydroxyl groups is 2. The Balaban J connectivity index is 1.61. The topological polar surface area (TPSA) is 156 Å². The highest BCUT2D eigenvalue weighted by atomic mass is 31.2. The molecule has 4 N–H and O–H groups in total. The van der Waals surface area contributed by atoms with Gasteiger partial charge in [0.15, 0.2) is 6.23 Å². The lowest BCUT2D eigenvalue weighted by Gasteiger charge is -2.18. The van der Waals surface area contributed by atoms with Crippen molar-refractivity contribution in [3.63, 3.8) is 0 Å². The van der Waals surface area contributed by atoms with Gasteiger partial charge in [0.2, 0.25) is 0 Å². The molecule has 0 bridgehead atoms. The predicted molar refractivity (Wildman–Crippen MR) is 122 cm³/mol. The monoisotopic (exact) mass is 489 g/mol. The third-order valence-corrected chi connectivity index (χ3v) is 5.93. The van der Waals surface area contributed by atoms with E-state index >= 15 is 0 Å². The Hall–Kier alpha value is -2.76. The Morgan fingerprint density at radius 3 is 2.59 bits per heavy atom. The predicted octanol–water partition coefficient (Wildman–Crippen LogP) is 0.276. The van der Waals surface area contributed by atoms with Crippen LogP contribution in [-0.4, -0.2) is 59.0 Å².